The SMILES string of the molecule is CC(C)(C)NC(=O)CNS(=O)(=O)c1ccc(NN)nc1. The molecule has 112 valence electrons. The number of amides is 1. The summed E-state index contributed by atoms with van der Waals surface area (Å²) in [6.45, 7) is 5.09. The van der Waals surface area contributed by atoms with Crippen LogP contribution in [0, 0.1) is 0 Å². The predicted molar refractivity (Wildman–Crippen MR) is 75.1 cm³/mol. The molecule has 1 aromatic heterocycles. The molecule has 1 heterocycles. The van der Waals surface area contributed by atoms with Gasteiger partial charge in [-0.3, -0.25) is 4.79 Å². The van der Waals surface area contributed by atoms with Crippen LogP contribution in [0.2, 0.25) is 0 Å². The number of nitrogens with zero attached hydrogens (tertiary/aromatic N) is 1. The standard InChI is InChI=1S/C11H19N5O3S/c1-11(2,3)15-10(17)7-14-20(18,19)8-4-5-9(16-12)13-6-8/h4-6,14H,7,12H2,1-3H3,(H,13,16)(H,15,17). The molecule has 1 rings (SSSR count). The molecule has 8 nitrogen and oxygen atoms in total. The molecule has 0 saturated heterocycles. The van der Waals surface area contributed by atoms with E-state index in [2.05, 4.69) is 20.4 Å². The van der Waals surface area contributed by atoms with Crippen LogP contribution in [-0.4, -0.2) is 31.4 Å². The number of anilines is 1. The van der Waals surface area contributed by atoms with Crippen LogP contribution in [0.5, 0.6) is 0 Å². The lowest BCUT2D eigenvalue weighted by atomic mass is 10.1. The largest absolute Gasteiger partial charge is 0.350 e. The molecule has 1 amide bonds. The van der Waals surface area contributed by atoms with Gasteiger partial charge < -0.3 is 10.7 Å². The molecule has 9 heteroatoms. The van der Waals surface area contributed by atoms with E-state index in [-0.39, 0.29) is 11.4 Å². The Morgan fingerprint density at radius 1 is 1.35 bits per heavy atom. The third kappa shape index (κ3) is 5.11. The van der Waals surface area contributed by atoms with E-state index in [1.165, 1.54) is 12.1 Å². The molecule has 0 saturated carbocycles. The Morgan fingerprint density at radius 3 is 2.45 bits per heavy atom. The van der Waals surface area contributed by atoms with Crippen molar-refractivity contribution in [2.45, 2.75) is 31.2 Å². The molecule has 0 atom stereocenters. The minimum Gasteiger partial charge on any atom is -0.350 e. The van der Waals surface area contributed by atoms with Crippen molar-refractivity contribution >= 4 is 21.7 Å². The van der Waals surface area contributed by atoms with E-state index in [1.54, 1.807) is 0 Å². The molecule has 5 N–H and O–H groups in total. The van der Waals surface area contributed by atoms with Crippen LogP contribution in [0.25, 0.3) is 0 Å². The van der Waals surface area contributed by atoms with E-state index >= 15 is 0 Å². The van der Waals surface area contributed by atoms with Gasteiger partial charge in [-0.05, 0) is 32.9 Å². The van der Waals surface area contributed by atoms with Crippen molar-refractivity contribution in [2.24, 2.45) is 5.84 Å². The van der Waals surface area contributed by atoms with Crippen molar-refractivity contribution in [3.8, 4) is 0 Å². The summed E-state index contributed by atoms with van der Waals surface area (Å²) in [6.07, 6.45) is 1.15. The quantitative estimate of drug-likeness (QED) is 0.431. The van der Waals surface area contributed by atoms with Gasteiger partial charge in [0.15, 0.2) is 0 Å². The second-order valence-electron chi connectivity index (χ2n) is 5.15. The molecule has 0 unspecified atom stereocenters. The number of nitrogens with one attached hydrogen (secondary N) is 3. The summed E-state index contributed by atoms with van der Waals surface area (Å²) >= 11 is 0. The van der Waals surface area contributed by atoms with E-state index < -0.39 is 21.5 Å². The summed E-state index contributed by atoms with van der Waals surface area (Å²) in [5.74, 6) is 5.07. The lowest BCUT2D eigenvalue weighted by Gasteiger charge is -2.20. The summed E-state index contributed by atoms with van der Waals surface area (Å²) in [5.41, 5.74) is 1.87. The predicted octanol–water partition coefficient (Wildman–Crippen LogP) is -0.440. The Labute approximate surface area is 118 Å². The molecule has 20 heavy (non-hydrogen) atoms. The molecule has 0 bridgehead atoms. The molecule has 0 spiro atoms. The second-order valence-corrected chi connectivity index (χ2v) is 6.91. The van der Waals surface area contributed by atoms with Crippen molar-refractivity contribution in [1.29, 1.82) is 0 Å². The lowest BCUT2D eigenvalue weighted by Crippen LogP contribution is -2.45. The van der Waals surface area contributed by atoms with E-state index in [4.69, 9.17) is 5.84 Å². The number of hydrogen-bond donors (Lipinski definition) is 4. The molecule has 0 aliphatic rings. The highest BCUT2D eigenvalue weighted by Crippen LogP contribution is 2.09. The van der Waals surface area contributed by atoms with Crippen LogP contribution < -0.4 is 21.3 Å². The highest BCUT2D eigenvalue weighted by Gasteiger charge is 2.18. The number of aromatic nitrogens is 1. The van der Waals surface area contributed by atoms with Crippen LogP contribution in [0.4, 0.5) is 5.82 Å². The van der Waals surface area contributed by atoms with Gasteiger partial charge in [0, 0.05) is 11.7 Å². The fourth-order valence-corrected chi connectivity index (χ4v) is 2.26. The molecular weight excluding hydrogens is 282 g/mol. The van der Waals surface area contributed by atoms with Gasteiger partial charge in [-0.1, -0.05) is 0 Å². The average molecular weight is 301 g/mol. The first kappa shape index (κ1) is 16.3. The Kier molecular flexibility index (Phi) is 5.03. The fourth-order valence-electron chi connectivity index (χ4n) is 1.33. The molecule has 0 aromatic carbocycles. The number of hydrazine groups is 1. The molecule has 0 radical (unpaired) electrons. The number of rotatable bonds is 5. The lowest BCUT2D eigenvalue weighted by molar-refractivity contribution is -0.121. The van der Waals surface area contributed by atoms with Crippen LogP contribution in [0.1, 0.15) is 20.8 Å². The smallest absolute Gasteiger partial charge is 0.242 e. The second kappa shape index (κ2) is 6.16. The van der Waals surface area contributed by atoms with E-state index in [1.807, 2.05) is 20.8 Å². The van der Waals surface area contributed by atoms with E-state index in [0.717, 1.165) is 6.20 Å². The third-order valence-corrected chi connectivity index (χ3v) is 3.52. The first-order chi connectivity index (χ1) is 9.14. The average Bonchev–Trinajstić information content (AvgIpc) is 2.35. The summed E-state index contributed by atoms with van der Waals surface area (Å²) in [4.78, 5) is 15.3. The Bertz CT molecular complexity index is 563. The van der Waals surface area contributed by atoms with Crippen LogP contribution in [0.3, 0.4) is 0 Å². The molecule has 0 aliphatic carbocycles. The number of nitrogens with two attached hydrogens (primary N) is 1. The van der Waals surface area contributed by atoms with Gasteiger partial charge >= 0.3 is 0 Å². The van der Waals surface area contributed by atoms with Gasteiger partial charge in [0.25, 0.3) is 0 Å². The number of pyridine rings is 1. The maximum Gasteiger partial charge on any atom is 0.242 e. The molecular formula is C11H19N5O3S. The van der Waals surface area contributed by atoms with Crippen molar-refractivity contribution in [3.05, 3.63) is 18.3 Å². The van der Waals surface area contributed by atoms with E-state index in [0.29, 0.717) is 5.82 Å². The maximum absolute atomic E-state index is 11.9. The normalized spacial score (nSPS) is 12.0. The zero-order valence-corrected chi connectivity index (χ0v) is 12.4. The third-order valence-electron chi connectivity index (χ3n) is 2.13. The molecule has 1 aromatic rings. The molecule has 0 aliphatic heterocycles. The first-order valence-corrected chi connectivity index (χ1v) is 7.36. The first-order valence-electron chi connectivity index (χ1n) is 5.87. The number of nitrogen functional groups attached to an aromatic ring is 1. The number of sulfonamides is 1. The fraction of sp³-hybridized carbons (Fsp3) is 0.455. The zero-order valence-electron chi connectivity index (χ0n) is 11.6. The Hall–Kier alpha value is -1.71. The van der Waals surface area contributed by atoms with Gasteiger partial charge in [0.05, 0.1) is 6.54 Å². The van der Waals surface area contributed by atoms with Gasteiger partial charge in [-0.2, -0.15) is 0 Å². The van der Waals surface area contributed by atoms with Gasteiger partial charge in [0.2, 0.25) is 15.9 Å². The minimum atomic E-state index is -3.78. The number of carbonyl (C=O) groups is 1. The monoisotopic (exact) mass is 301 g/mol. The number of hydrogen-bond acceptors (Lipinski definition) is 6. The summed E-state index contributed by atoms with van der Waals surface area (Å²) < 4.78 is 26.0. The van der Waals surface area contributed by atoms with Crippen LogP contribution in [0.15, 0.2) is 23.2 Å². The van der Waals surface area contributed by atoms with Crippen molar-refractivity contribution < 1.29 is 13.2 Å². The highest BCUT2D eigenvalue weighted by molar-refractivity contribution is 7.89. The van der Waals surface area contributed by atoms with Crippen molar-refractivity contribution in [2.75, 3.05) is 12.0 Å². The summed E-state index contributed by atoms with van der Waals surface area (Å²) in [6, 6.07) is 2.76. The Balaban J connectivity index is 2.68. The van der Waals surface area contributed by atoms with Crippen molar-refractivity contribution in [1.82, 2.24) is 15.0 Å². The van der Waals surface area contributed by atoms with E-state index in [9.17, 15) is 13.2 Å². The van der Waals surface area contributed by atoms with Crippen molar-refractivity contribution in [3.63, 3.8) is 0 Å². The van der Waals surface area contributed by atoms with Gasteiger partial charge in [-0.25, -0.2) is 24.0 Å². The van der Waals surface area contributed by atoms with Gasteiger partial charge in [0.1, 0.15) is 10.7 Å². The topological polar surface area (TPSA) is 126 Å². The Morgan fingerprint density at radius 2 is 2.00 bits per heavy atom. The zero-order chi connectivity index (χ0) is 15.4. The minimum absolute atomic E-state index is 0.0416. The van der Waals surface area contributed by atoms with Gasteiger partial charge in [-0.15, -0.1) is 0 Å². The highest BCUT2D eigenvalue weighted by atomic mass is 32.2. The van der Waals surface area contributed by atoms with Crippen LogP contribution >= 0.6 is 0 Å². The summed E-state index contributed by atoms with van der Waals surface area (Å²) in [7, 11) is -3.78. The number of carbonyl (C=O) groups excluding carboxylic acids is 1. The maximum atomic E-state index is 11.9. The summed E-state index contributed by atoms with van der Waals surface area (Å²) in [5, 5.41) is 2.65. The molecule has 0 fully saturated rings. The van der Waals surface area contributed by atoms with Crippen LogP contribution in [-0.2, 0) is 14.8 Å².